The molecule has 0 aromatic heterocycles. The van der Waals surface area contributed by atoms with Gasteiger partial charge < -0.3 is 4.43 Å². The standard InChI is InChI=1S/C16H24BrClO2Si/c1-10(2)21(11(3)4,12(5)6)20-15-8-13(16(18)19)7-14(17)9-15/h7-12H,1-6H3. The van der Waals surface area contributed by atoms with Gasteiger partial charge in [-0.1, -0.05) is 57.5 Å². The van der Waals surface area contributed by atoms with Crippen LogP contribution in [0.2, 0.25) is 16.6 Å². The minimum atomic E-state index is -2.02. The molecule has 0 heterocycles. The highest BCUT2D eigenvalue weighted by atomic mass is 79.9. The van der Waals surface area contributed by atoms with Crippen LogP contribution in [0.15, 0.2) is 22.7 Å². The Hall–Kier alpha value is -0.323. The molecule has 0 saturated heterocycles. The van der Waals surface area contributed by atoms with E-state index in [0.29, 0.717) is 22.2 Å². The first-order valence-corrected chi connectivity index (χ1v) is 10.6. The SMILES string of the molecule is CC(C)[Si](Oc1cc(Br)cc(C(=O)Cl)c1)(C(C)C)C(C)C. The van der Waals surface area contributed by atoms with Crippen LogP contribution in [0.1, 0.15) is 51.9 Å². The second kappa shape index (κ2) is 7.29. The largest absolute Gasteiger partial charge is 0.543 e. The highest BCUT2D eigenvalue weighted by molar-refractivity contribution is 9.10. The van der Waals surface area contributed by atoms with Gasteiger partial charge in [-0.3, -0.25) is 4.79 Å². The molecule has 0 aliphatic rings. The van der Waals surface area contributed by atoms with Crippen LogP contribution in [-0.2, 0) is 0 Å². The summed E-state index contributed by atoms with van der Waals surface area (Å²) in [7, 11) is -2.02. The molecular weight excluding hydrogens is 368 g/mol. The van der Waals surface area contributed by atoms with E-state index in [0.717, 1.165) is 10.2 Å². The van der Waals surface area contributed by atoms with Crippen molar-refractivity contribution >= 4 is 41.1 Å². The van der Waals surface area contributed by atoms with Gasteiger partial charge in [0.05, 0.1) is 0 Å². The predicted molar refractivity (Wildman–Crippen MR) is 96.0 cm³/mol. The highest BCUT2D eigenvalue weighted by Gasteiger charge is 2.47. The van der Waals surface area contributed by atoms with Gasteiger partial charge in [0.15, 0.2) is 0 Å². The lowest BCUT2D eigenvalue weighted by Gasteiger charge is -2.42. The first-order chi connectivity index (χ1) is 9.61. The monoisotopic (exact) mass is 390 g/mol. The second-order valence-corrected chi connectivity index (χ2v) is 13.0. The number of halogens is 2. The van der Waals surface area contributed by atoms with E-state index < -0.39 is 13.6 Å². The van der Waals surface area contributed by atoms with Gasteiger partial charge >= 0.3 is 0 Å². The summed E-state index contributed by atoms with van der Waals surface area (Å²) >= 11 is 9.03. The number of benzene rings is 1. The van der Waals surface area contributed by atoms with Crippen LogP contribution < -0.4 is 4.43 Å². The molecule has 1 aromatic carbocycles. The molecule has 0 unspecified atom stereocenters. The lowest BCUT2D eigenvalue weighted by Crippen LogP contribution is -2.50. The minimum Gasteiger partial charge on any atom is -0.543 e. The third kappa shape index (κ3) is 4.11. The molecular formula is C16H24BrClO2Si. The number of carbonyl (C=O) groups is 1. The van der Waals surface area contributed by atoms with E-state index in [9.17, 15) is 4.79 Å². The maximum Gasteiger partial charge on any atom is 0.258 e. The van der Waals surface area contributed by atoms with Crippen molar-refractivity contribution in [2.75, 3.05) is 0 Å². The van der Waals surface area contributed by atoms with Gasteiger partial charge in [-0.2, -0.15) is 0 Å². The summed E-state index contributed by atoms with van der Waals surface area (Å²) in [6.45, 7) is 13.4. The van der Waals surface area contributed by atoms with Crippen molar-refractivity contribution < 1.29 is 9.22 Å². The summed E-state index contributed by atoms with van der Waals surface area (Å²) in [6.07, 6.45) is 0. The van der Waals surface area contributed by atoms with Crippen molar-refractivity contribution in [2.24, 2.45) is 0 Å². The Morgan fingerprint density at radius 2 is 1.52 bits per heavy atom. The molecule has 5 heteroatoms. The quantitative estimate of drug-likeness (QED) is 0.415. The van der Waals surface area contributed by atoms with Gasteiger partial charge in [0.2, 0.25) is 0 Å². The molecule has 2 nitrogen and oxygen atoms in total. The Kier molecular flexibility index (Phi) is 6.50. The Balaban J connectivity index is 3.30. The topological polar surface area (TPSA) is 26.3 Å². The van der Waals surface area contributed by atoms with Crippen LogP contribution in [0, 0.1) is 0 Å². The fraction of sp³-hybridized carbons (Fsp3) is 0.562. The number of carbonyl (C=O) groups excluding carboxylic acids is 1. The lowest BCUT2D eigenvalue weighted by atomic mass is 10.2. The zero-order valence-electron chi connectivity index (χ0n) is 13.5. The summed E-state index contributed by atoms with van der Waals surface area (Å²) in [5.74, 6) is 0.733. The van der Waals surface area contributed by atoms with Crippen LogP contribution in [-0.4, -0.2) is 13.6 Å². The molecule has 0 aliphatic carbocycles. The summed E-state index contributed by atoms with van der Waals surface area (Å²) < 4.78 is 7.36. The Morgan fingerprint density at radius 1 is 1.05 bits per heavy atom. The maximum absolute atomic E-state index is 11.4. The van der Waals surface area contributed by atoms with Gasteiger partial charge in [0, 0.05) is 10.0 Å². The van der Waals surface area contributed by atoms with Crippen LogP contribution in [0.4, 0.5) is 0 Å². The number of rotatable bonds is 6. The third-order valence-electron chi connectivity index (χ3n) is 4.10. The molecule has 0 amide bonds. The van der Waals surface area contributed by atoms with E-state index in [1.807, 2.05) is 6.07 Å². The van der Waals surface area contributed by atoms with Crippen molar-refractivity contribution in [1.29, 1.82) is 0 Å². The van der Waals surface area contributed by atoms with Gasteiger partial charge in [-0.05, 0) is 46.4 Å². The van der Waals surface area contributed by atoms with Gasteiger partial charge in [-0.25, -0.2) is 0 Å². The molecule has 21 heavy (non-hydrogen) atoms. The second-order valence-electron chi connectivity index (χ2n) is 6.37. The predicted octanol–water partition coefficient (Wildman–Crippen LogP) is 6.38. The Morgan fingerprint density at radius 3 is 1.90 bits per heavy atom. The Bertz CT molecular complexity index is 493. The molecule has 0 N–H and O–H groups in total. The molecule has 1 aromatic rings. The zero-order valence-corrected chi connectivity index (χ0v) is 16.9. The maximum atomic E-state index is 11.4. The molecule has 0 saturated carbocycles. The average Bonchev–Trinajstić information content (AvgIpc) is 2.33. The number of hydrogen-bond donors (Lipinski definition) is 0. The fourth-order valence-electron chi connectivity index (χ4n) is 3.29. The molecule has 0 fully saturated rings. The summed E-state index contributed by atoms with van der Waals surface area (Å²) in [4.78, 5) is 11.4. The molecule has 0 bridgehead atoms. The van der Waals surface area contributed by atoms with E-state index in [1.54, 1.807) is 12.1 Å². The Labute approximate surface area is 142 Å². The smallest absolute Gasteiger partial charge is 0.258 e. The minimum absolute atomic E-state index is 0.459. The molecule has 0 spiro atoms. The van der Waals surface area contributed by atoms with Crippen molar-refractivity contribution in [1.82, 2.24) is 0 Å². The van der Waals surface area contributed by atoms with E-state index in [1.165, 1.54) is 0 Å². The summed E-state index contributed by atoms with van der Waals surface area (Å²) in [5, 5.41) is -0.466. The van der Waals surface area contributed by atoms with Gasteiger partial charge in [0.25, 0.3) is 13.6 Å². The first kappa shape index (κ1) is 18.7. The van der Waals surface area contributed by atoms with E-state index >= 15 is 0 Å². The normalized spacial score (nSPS) is 12.3. The van der Waals surface area contributed by atoms with Gasteiger partial charge in [0.1, 0.15) is 5.75 Å². The molecule has 0 atom stereocenters. The number of hydrogen-bond acceptors (Lipinski definition) is 2. The van der Waals surface area contributed by atoms with E-state index in [2.05, 4.69) is 57.5 Å². The van der Waals surface area contributed by atoms with Crippen LogP contribution >= 0.6 is 27.5 Å². The van der Waals surface area contributed by atoms with Crippen molar-refractivity contribution in [3.05, 3.63) is 28.2 Å². The van der Waals surface area contributed by atoms with Crippen molar-refractivity contribution in [2.45, 2.75) is 58.2 Å². The third-order valence-corrected chi connectivity index (χ3v) is 10.8. The average molecular weight is 392 g/mol. The zero-order chi connectivity index (χ0) is 16.4. The summed E-state index contributed by atoms with van der Waals surface area (Å²) in [6, 6.07) is 5.37. The lowest BCUT2D eigenvalue weighted by molar-refractivity contribution is 0.108. The molecule has 118 valence electrons. The molecule has 0 radical (unpaired) electrons. The first-order valence-electron chi connectivity index (χ1n) is 7.30. The van der Waals surface area contributed by atoms with Crippen LogP contribution in [0.5, 0.6) is 5.75 Å². The van der Waals surface area contributed by atoms with Crippen LogP contribution in [0.25, 0.3) is 0 Å². The molecule has 0 aliphatic heterocycles. The van der Waals surface area contributed by atoms with Crippen molar-refractivity contribution in [3.63, 3.8) is 0 Å². The highest BCUT2D eigenvalue weighted by Crippen LogP contribution is 2.43. The summed E-state index contributed by atoms with van der Waals surface area (Å²) in [5.41, 5.74) is 1.89. The molecule has 1 rings (SSSR count). The van der Waals surface area contributed by atoms with E-state index in [4.69, 9.17) is 16.0 Å². The fourth-order valence-corrected chi connectivity index (χ4v) is 9.11. The van der Waals surface area contributed by atoms with Crippen molar-refractivity contribution in [3.8, 4) is 5.75 Å². The van der Waals surface area contributed by atoms with Crippen LogP contribution in [0.3, 0.4) is 0 Å². The van der Waals surface area contributed by atoms with E-state index in [-0.39, 0.29) is 0 Å². The van der Waals surface area contributed by atoms with Gasteiger partial charge in [-0.15, -0.1) is 0 Å².